The normalized spacial score (nSPS) is 10.5. The Bertz CT molecular complexity index is 1010. The van der Waals surface area contributed by atoms with Gasteiger partial charge in [-0.2, -0.15) is 0 Å². The Morgan fingerprint density at radius 1 is 1.07 bits per heavy atom. The number of ether oxygens (including phenoxy) is 2. The number of halogens is 1. The van der Waals surface area contributed by atoms with Gasteiger partial charge in [-0.1, -0.05) is 17.8 Å². The molecular weight excluding hydrogens is 393 g/mol. The Morgan fingerprint density at radius 2 is 1.90 bits per heavy atom. The van der Waals surface area contributed by atoms with Crippen LogP contribution >= 0.6 is 11.8 Å². The molecule has 0 unspecified atom stereocenters. The molecule has 29 heavy (non-hydrogen) atoms. The Labute approximate surface area is 172 Å². The van der Waals surface area contributed by atoms with Crippen molar-refractivity contribution in [1.82, 2.24) is 10.2 Å². The molecule has 0 fully saturated rings. The first kappa shape index (κ1) is 20.6. The quantitative estimate of drug-likeness (QED) is 0.581. The summed E-state index contributed by atoms with van der Waals surface area (Å²) in [5.74, 6) is 0.843. The van der Waals surface area contributed by atoms with Gasteiger partial charge in [-0.3, -0.25) is 4.79 Å². The summed E-state index contributed by atoms with van der Waals surface area (Å²) in [7, 11) is 3.17. The number of thioether (sulfide) groups is 1. The summed E-state index contributed by atoms with van der Waals surface area (Å²) in [6.07, 6.45) is 0. The molecule has 8 heteroatoms. The molecule has 0 atom stereocenters. The van der Waals surface area contributed by atoms with Gasteiger partial charge < -0.3 is 14.8 Å². The number of hydrogen-bond donors (Lipinski definition) is 1. The predicted molar refractivity (Wildman–Crippen MR) is 111 cm³/mol. The average Bonchev–Trinajstić information content (AvgIpc) is 2.75. The molecule has 1 amide bonds. The molecule has 0 bridgehead atoms. The van der Waals surface area contributed by atoms with Crippen LogP contribution in [0.15, 0.2) is 53.6 Å². The summed E-state index contributed by atoms with van der Waals surface area (Å²) in [4.78, 5) is 12.1. The van der Waals surface area contributed by atoms with Crippen molar-refractivity contribution < 1.29 is 18.7 Å². The third-order valence-electron chi connectivity index (χ3n) is 4.13. The second-order valence-corrected chi connectivity index (χ2v) is 7.12. The van der Waals surface area contributed by atoms with E-state index in [0.29, 0.717) is 33.5 Å². The number of hydrogen-bond acceptors (Lipinski definition) is 6. The van der Waals surface area contributed by atoms with E-state index in [0.717, 1.165) is 5.56 Å². The first-order chi connectivity index (χ1) is 14.0. The van der Waals surface area contributed by atoms with E-state index in [1.54, 1.807) is 45.4 Å². The number of nitrogens with one attached hydrogen (secondary N) is 1. The molecule has 0 radical (unpaired) electrons. The van der Waals surface area contributed by atoms with Crippen LogP contribution in [0, 0.1) is 12.7 Å². The van der Waals surface area contributed by atoms with Crippen LogP contribution in [0.25, 0.3) is 11.3 Å². The average molecular weight is 413 g/mol. The maximum absolute atomic E-state index is 13.6. The molecule has 3 rings (SSSR count). The third-order valence-corrected chi connectivity index (χ3v) is 5.05. The number of nitrogens with zero attached hydrogens (tertiary/aromatic N) is 2. The van der Waals surface area contributed by atoms with Gasteiger partial charge in [0.25, 0.3) is 0 Å². The molecule has 1 heterocycles. The van der Waals surface area contributed by atoms with Crippen molar-refractivity contribution in [2.75, 3.05) is 25.3 Å². The van der Waals surface area contributed by atoms with E-state index < -0.39 is 0 Å². The minimum absolute atomic E-state index is 0.134. The highest BCUT2D eigenvalue weighted by Gasteiger charge is 2.11. The zero-order valence-electron chi connectivity index (χ0n) is 16.2. The van der Waals surface area contributed by atoms with Crippen LogP contribution in [0.1, 0.15) is 5.56 Å². The van der Waals surface area contributed by atoms with Gasteiger partial charge in [0.2, 0.25) is 5.91 Å². The van der Waals surface area contributed by atoms with Crippen molar-refractivity contribution in [3.05, 3.63) is 59.9 Å². The van der Waals surface area contributed by atoms with E-state index in [-0.39, 0.29) is 17.5 Å². The van der Waals surface area contributed by atoms with Gasteiger partial charge >= 0.3 is 0 Å². The maximum Gasteiger partial charge on any atom is 0.234 e. The third kappa shape index (κ3) is 5.23. The van der Waals surface area contributed by atoms with Gasteiger partial charge in [-0.25, -0.2) is 4.39 Å². The summed E-state index contributed by atoms with van der Waals surface area (Å²) in [6.45, 7) is 1.67. The molecule has 0 aliphatic rings. The molecular formula is C21H20FN3O3S. The van der Waals surface area contributed by atoms with Gasteiger partial charge in [-0.05, 0) is 48.9 Å². The molecule has 2 aromatic carbocycles. The molecule has 0 saturated heterocycles. The molecule has 1 aromatic heterocycles. The van der Waals surface area contributed by atoms with Crippen molar-refractivity contribution in [1.29, 1.82) is 0 Å². The maximum atomic E-state index is 13.6. The van der Waals surface area contributed by atoms with Crippen molar-refractivity contribution in [3.63, 3.8) is 0 Å². The molecule has 150 valence electrons. The van der Waals surface area contributed by atoms with Gasteiger partial charge in [0.05, 0.1) is 25.7 Å². The number of carbonyl (C=O) groups is 1. The standard InChI is InChI=1S/C21H20FN3O3S/c1-13-4-5-14(10-17(13)22)23-20(26)12-29-21-9-8-18(24-25-21)16-7-6-15(27-2)11-19(16)28-3/h4-11H,12H2,1-3H3,(H,23,26). The first-order valence-corrected chi connectivity index (χ1v) is 9.73. The Balaban J connectivity index is 1.62. The van der Waals surface area contributed by atoms with Crippen LogP contribution in [0.3, 0.4) is 0 Å². The van der Waals surface area contributed by atoms with Crippen LogP contribution in [-0.4, -0.2) is 36.1 Å². The first-order valence-electron chi connectivity index (χ1n) is 8.75. The van der Waals surface area contributed by atoms with Gasteiger partial charge in [-0.15, -0.1) is 10.2 Å². The van der Waals surface area contributed by atoms with Crippen molar-refractivity contribution in [3.8, 4) is 22.8 Å². The minimum Gasteiger partial charge on any atom is -0.497 e. The number of amides is 1. The number of methoxy groups -OCH3 is 2. The van der Waals surface area contributed by atoms with E-state index in [1.807, 2.05) is 18.2 Å². The largest absolute Gasteiger partial charge is 0.497 e. The van der Waals surface area contributed by atoms with Crippen LogP contribution in [0.2, 0.25) is 0 Å². The van der Waals surface area contributed by atoms with E-state index in [2.05, 4.69) is 15.5 Å². The lowest BCUT2D eigenvalue weighted by molar-refractivity contribution is -0.113. The molecule has 6 nitrogen and oxygen atoms in total. The van der Waals surface area contributed by atoms with Gasteiger partial charge in [0.15, 0.2) is 0 Å². The zero-order valence-corrected chi connectivity index (χ0v) is 17.0. The van der Waals surface area contributed by atoms with Crippen molar-refractivity contribution in [2.24, 2.45) is 0 Å². The van der Waals surface area contributed by atoms with E-state index >= 15 is 0 Å². The number of aryl methyl sites for hydroxylation is 1. The lowest BCUT2D eigenvalue weighted by atomic mass is 10.1. The number of aromatic nitrogens is 2. The minimum atomic E-state index is -0.356. The van der Waals surface area contributed by atoms with Crippen LogP contribution in [-0.2, 0) is 4.79 Å². The lowest BCUT2D eigenvalue weighted by Crippen LogP contribution is -2.14. The zero-order chi connectivity index (χ0) is 20.8. The summed E-state index contributed by atoms with van der Waals surface area (Å²) in [5.41, 5.74) is 2.39. The second kappa shape index (κ2) is 9.38. The highest BCUT2D eigenvalue weighted by atomic mass is 32.2. The number of benzene rings is 2. The fourth-order valence-electron chi connectivity index (χ4n) is 2.56. The topological polar surface area (TPSA) is 73.3 Å². The van der Waals surface area contributed by atoms with Crippen molar-refractivity contribution in [2.45, 2.75) is 11.9 Å². The monoisotopic (exact) mass is 413 g/mol. The Hall–Kier alpha value is -3.13. The Morgan fingerprint density at radius 3 is 2.55 bits per heavy atom. The molecule has 0 aliphatic heterocycles. The van der Waals surface area contributed by atoms with E-state index in [9.17, 15) is 9.18 Å². The van der Waals surface area contributed by atoms with Crippen LogP contribution in [0.5, 0.6) is 11.5 Å². The molecule has 3 aromatic rings. The van der Waals surface area contributed by atoms with Gasteiger partial charge in [0.1, 0.15) is 22.3 Å². The summed E-state index contributed by atoms with van der Waals surface area (Å²) in [6, 6.07) is 13.6. The lowest BCUT2D eigenvalue weighted by Gasteiger charge is -2.10. The van der Waals surface area contributed by atoms with Crippen molar-refractivity contribution >= 4 is 23.4 Å². The molecule has 0 spiro atoms. The highest BCUT2D eigenvalue weighted by Crippen LogP contribution is 2.32. The number of anilines is 1. The predicted octanol–water partition coefficient (Wildman–Crippen LogP) is 4.34. The number of rotatable bonds is 7. The van der Waals surface area contributed by atoms with Gasteiger partial charge in [0, 0.05) is 17.3 Å². The van der Waals surface area contributed by atoms with E-state index in [4.69, 9.17) is 9.47 Å². The fraction of sp³-hybridized carbons (Fsp3) is 0.190. The SMILES string of the molecule is COc1ccc(-c2ccc(SCC(=O)Nc3ccc(C)c(F)c3)nn2)c(OC)c1. The molecule has 0 saturated carbocycles. The second-order valence-electron chi connectivity index (χ2n) is 6.12. The van der Waals surface area contributed by atoms with Crippen LogP contribution in [0.4, 0.5) is 10.1 Å². The molecule has 1 N–H and O–H groups in total. The smallest absolute Gasteiger partial charge is 0.234 e. The summed E-state index contributed by atoms with van der Waals surface area (Å²) < 4.78 is 24.2. The highest BCUT2D eigenvalue weighted by molar-refractivity contribution is 7.99. The molecule has 0 aliphatic carbocycles. The fourth-order valence-corrected chi connectivity index (χ4v) is 3.17. The summed E-state index contributed by atoms with van der Waals surface area (Å²) in [5, 5.41) is 11.7. The summed E-state index contributed by atoms with van der Waals surface area (Å²) >= 11 is 1.24. The van der Waals surface area contributed by atoms with Crippen LogP contribution < -0.4 is 14.8 Å². The van der Waals surface area contributed by atoms with E-state index in [1.165, 1.54) is 17.8 Å². The Kier molecular flexibility index (Phi) is 6.66. The number of carbonyl (C=O) groups excluding carboxylic acids is 1.